The van der Waals surface area contributed by atoms with Crippen molar-refractivity contribution in [2.24, 2.45) is 5.92 Å². The summed E-state index contributed by atoms with van der Waals surface area (Å²) < 4.78 is 0. The molecule has 0 atom stereocenters. The van der Waals surface area contributed by atoms with E-state index in [-0.39, 0.29) is 34.8 Å². The van der Waals surface area contributed by atoms with E-state index in [2.05, 4.69) is 5.32 Å². The molecule has 0 spiro atoms. The molecular weight excluding hydrogens is 260 g/mol. The van der Waals surface area contributed by atoms with Crippen LogP contribution in [0.2, 0.25) is 0 Å². The van der Waals surface area contributed by atoms with E-state index in [9.17, 15) is 19.8 Å². The van der Waals surface area contributed by atoms with Crippen molar-refractivity contribution < 1.29 is 19.8 Å². The third-order valence-electron chi connectivity index (χ3n) is 3.55. The van der Waals surface area contributed by atoms with Crippen LogP contribution in [0.4, 0.5) is 0 Å². The highest BCUT2D eigenvalue weighted by atomic mass is 16.3. The Labute approximate surface area is 117 Å². The Bertz CT molecular complexity index is 502. The number of rotatable bonds is 2. The largest absolute Gasteiger partial charge is 0.508 e. The smallest absolute Gasteiger partial charge is 0.254 e. The maximum atomic E-state index is 12.3. The number of carbonyl (C=O) groups excluding carboxylic acids is 2. The maximum Gasteiger partial charge on any atom is 0.254 e. The number of piperidine rings is 1. The van der Waals surface area contributed by atoms with E-state index in [1.54, 1.807) is 11.9 Å². The molecule has 1 aromatic carbocycles. The van der Waals surface area contributed by atoms with Crippen LogP contribution in [0.15, 0.2) is 18.2 Å². The summed E-state index contributed by atoms with van der Waals surface area (Å²) in [5, 5.41) is 21.4. The lowest BCUT2D eigenvalue weighted by Crippen LogP contribution is -2.42. The van der Waals surface area contributed by atoms with Crippen molar-refractivity contribution in [1.29, 1.82) is 0 Å². The van der Waals surface area contributed by atoms with Gasteiger partial charge in [0.05, 0.1) is 0 Å². The zero-order valence-electron chi connectivity index (χ0n) is 11.3. The molecule has 1 aliphatic rings. The van der Waals surface area contributed by atoms with Gasteiger partial charge in [-0.3, -0.25) is 9.59 Å². The molecule has 1 aromatic rings. The number of aromatic hydroxyl groups is 2. The Kier molecular flexibility index (Phi) is 4.12. The van der Waals surface area contributed by atoms with Gasteiger partial charge in [-0.15, -0.1) is 0 Å². The second-order valence-electron chi connectivity index (χ2n) is 4.92. The average Bonchev–Trinajstić information content (AvgIpc) is 2.45. The molecule has 0 aromatic heterocycles. The molecule has 6 nitrogen and oxygen atoms in total. The first kappa shape index (κ1) is 14.2. The first-order valence-corrected chi connectivity index (χ1v) is 6.55. The van der Waals surface area contributed by atoms with Crippen LogP contribution in [-0.2, 0) is 4.79 Å². The van der Waals surface area contributed by atoms with Crippen LogP contribution in [0.25, 0.3) is 0 Å². The van der Waals surface area contributed by atoms with Gasteiger partial charge in [0.25, 0.3) is 5.91 Å². The molecule has 0 saturated carbocycles. The van der Waals surface area contributed by atoms with Gasteiger partial charge >= 0.3 is 0 Å². The Morgan fingerprint density at radius 3 is 2.20 bits per heavy atom. The predicted octanol–water partition coefficient (Wildman–Crippen LogP) is 0.696. The fourth-order valence-corrected chi connectivity index (χ4v) is 2.45. The van der Waals surface area contributed by atoms with Crippen LogP contribution >= 0.6 is 0 Å². The Morgan fingerprint density at radius 2 is 1.70 bits per heavy atom. The molecule has 2 rings (SSSR count). The number of nitrogens with zero attached hydrogens (tertiary/aromatic N) is 1. The molecule has 0 radical (unpaired) electrons. The Hall–Kier alpha value is -2.24. The molecule has 0 aliphatic carbocycles. The average molecular weight is 278 g/mol. The molecule has 6 heteroatoms. The molecule has 3 N–H and O–H groups in total. The molecule has 1 saturated heterocycles. The highest BCUT2D eigenvalue weighted by Crippen LogP contribution is 2.24. The number of likely N-dealkylation sites (tertiary alicyclic amines) is 1. The lowest BCUT2D eigenvalue weighted by Gasteiger charge is -2.31. The first-order chi connectivity index (χ1) is 9.51. The highest BCUT2D eigenvalue weighted by molar-refractivity contribution is 5.95. The monoisotopic (exact) mass is 278 g/mol. The van der Waals surface area contributed by atoms with Crippen molar-refractivity contribution in [2.75, 3.05) is 20.1 Å². The lowest BCUT2D eigenvalue weighted by molar-refractivity contribution is -0.125. The van der Waals surface area contributed by atoms with Crippen LogP contribution < -0.4 is 5.32 Å². The van der Waals surface area contributed by atoms with Crippen LogP contribution in [0.3, 0.4) is 0 Å². The van der Waals surface area contributed by atoms with Gasteiger partial charge < -0.3 is 20.4 Å². The standard InChI is InChI=1S/C14H18N2O4/c1-15-13(19)9-2-4-16(5-3-9)14(20)10-6-11(17)8-12(18)7-10/h6-9,17-18H,2-5H2,1H3,(H,15,19). The number of nitrogens with one attached hydrogen (secondary N) is 1. The van der Waals surface area contributed by atoms with Crippen molar-refractivity contribution >= 4 is 11.8 Å². The SMILES string of the molecule is CNC(=O)C1CCN(C(=O)c2cc(O)cc(O)c2)CC1. The Morgan fingerprint density at radius 1 is 1.15 bits per heavy atom. The summed E-state index contributed by atoms with van der Waals surface area (Å²) in [6.45, 7) is 0.987. The van der Waals surface area contributed by atoms with Crippen molar-refractivity contribution in [3.05, 3.63) is 23.8 Å². The molecule has 1 aliphatic heterocycles. The fourth-order valence-electron chi connectivity index (χ4n) is 2.45. The summed E-state index contributed by atoms with van der Waals surface area (Å²) in [7, 11) is 1.61. The number of benzene rings is 1. The van der Waals surface area contributed by atoms with E-state index < -0.39 is 0 Å². The second-order valence-corrected chi connectivity index (χ2v) is 4.92. The highest BCUT2D eigenvalue weighted by Gasteiger charge is 2.27. The predicted molar refractivity (Wildman–Crippen MR) is 72.5 cm³/mol. The number of phenols is 2. The molecule has 0 bridgehead atoms. The normalized spacial score (nSPS) is 15.9. The van der Waals surface area contributed by atoms with E-state index in [0.29, 0.717) is 25.9 Å². The van der Waals surface area contributed by atoms with Gasteiger partial charge in [-0.25, -0.2) is 0 Å². The van der Waals surface area contributed by atoms with Crippen molar-refractivity contribution in [1.82, 2.24) is 10.2 Å². The summed E-state index contributed by atoms with van der Waals surface area (Å²) in [5.74, 6) is -0.581. The first-order valence-electron chi connectivity index (χ1n) is 6.55. The van der Waals surface area contributed by atoms with E-state index in [0.717, 1.165) is 0 Å². The van der Waals surface area contributed by atoms with Crippen molar-refractivity contribution in [2.45, 2.75) is 12.8 Å². The van der Waals surface area contributed by atoms with Crippen LogP contribution in [0.5, 0.6) is 11.5 Å². The number of carbonyl (C=O) groups is 2. The minimum atomic E-state index is -0.244. The van der Waals surface area contributed by atoms with Crippen LogP contribution in [0, 0.1) is 5.92 Å². The van der Waals surface area contributed by atoms with Crippen molar-refractivity contribution in [3.63, 3.8) is 0 Å². The van der Waals surface area contributed by atoms with Gasteiger partial charge in [-0.2, -0.15) is 0 Å². The molecule has 20 heavy (non-hydrogen) atoms. The summed E-state index contributed by atoms with van der Waals surface area (Å²) >= 11 is 0. The van der Waals surface area contributed by atoms with Gasteiger partial charge in [0, 0.05) is 37.7 Å². The van der Waals surface area contributed by atoms with E-state index in [1.807, 2.05) is 0 Å². The van der Waals surface area contributed by atoms with Gasteiger partial charge in [-0.05, 0) is 25.0 Å². The topological polar surface area (TPSA) is 89.9 Å². The second kappa shape index (κ2) is 5.81. The third-order valence-corrected chi connectivity index (χ3v) is 3.55. The minimum absolute atomic E-state index is 0.00657. The van der Waals surface area contributed by atoms with Crippen LogP contribution in [0.1, 0.15) is 23.2 Å². The summed E-state index contributed by atoms with van der Waals surface area (Å²) in [6.07, 6.45) is 1.24. The zero-order chi connectivity index (χ0) is 14.7. The van der Waals surface area contributed by atoms with Crippen LogP contribution in [-0.4, -0.2) is 47.1 Å². The molecule has 2 amide bonds. The molecule has 0 unspecified atom stereocenters. The summed E-state index contributed by atoms with van der Waals surface area (Å²) in [4.78, 5) is 25.4. The summed E-state index contributed by atoms with van der Waals surface area (Å²) in [5.41, 5.74) is 0.251. The number of hydrogen-bond donors (Lipinski definition) is 3. The van der Waals surface area contributed by atoms with E-state index >= 15 is 0 Å². The van der Waals surface area contributed by atoms with E-state index in [1.165, 1.54) is 18.2 Å². The minimum Gasteiger partial charge on any atom is -0.508 e. The molecule has 108 valence electrons. The number of amides is 2. The third kappa shape index (κ3) is 3.01. The quantitative estimate of drug-likeness (QED) is 0.742. The molecule has 1 heterocycles. The van der Waals surface area contributed by atoms with Gasteiger partial charge in [0.1, 0.15) is 11.5 Å². The zero-order valence-corrected chi connectivity index (χ0v) is 11.3. The number of hydrogen-bond acceptors (Lipinski definition) is 4. The van der Waals surface area contributed by atoms with E-state index in [4.69, 9.17) is 0 Å². The molecule has 1 fully saturated rings. The number of phenolic OH excluding ortho intramolecular Hbond substituents is 2. The molecular formula is C14H18N2O4. The maximum absolute atomic E-state index is 12.3. The van der Waals surface area contributed by atoms with Gasteiger partial charge in [0.15, 0.2) is 0 Å². The lowest BCUT2D eigenvalue weighted by atomic mass is 9.95. The Balaban J connectivity index is 2.03. The fraction of sp³-hybridized carbons (Fsp3) is 0.429. The van der Waals surface area contributed by atoms with Crippen molar-refractivity contribution in [3.8, 4) is 11.5 Å². The van der Waals surface area contributed by atoms with Gasteiger partial charge in [-0.1, -0.05) is 0 Å². The summed E-state index contributed by atoms with van der Waals surface area (Å²) in [6, 6.07) is 3.83. The van der Waals surface area contributed by atoms with Gasteiger partial charge in [0.2, 0.25) is 5.91 Å².